The molecule has 3 N–H and O–H groups in total. The van der Waals surface area contributed by atoms with Gasteiger partial charge in [0, 0.05) is 20.6 Å². The van der Waals surface area contributed by atoms with Crippen molar-refractivity contribution in [2.75, 3.05) is 20.6 Å². The van der Waals surface area contributed by atoms with Crippen molar-refractivity contribution in [3.8, 4) is 0 Å². The van der Waals surface area contributed by atoms with Gasteiger partial charge in [-0.25, -0.2) is 5.90 Å². The molecule has 0 aliphatic carbocycles. The summed E-state index contributed by atoms with van der Waals surface area (Å²) in [6, 6.07) is 0. The first kappa shape index (κ1) is 11.8. The van der Waals surface area contributed by atoms with Crippen LogP contribution in [-0.2, 0) is 15.0 Å². The van der Waals surface area contributed by atoms with Crippen LogP contribution in [0.3, 0.4) is 0 Å². The third kappa shape index (κ3) is 3.98. The van der Waals surface area contributed by atoms with Gasteiger partial charge >= 0.3 is 0 Å². The van der Waals surface area contributed by atoms with Crippen molar-refractivity contribution < 1.29 is 13.3 Å². The second-order valence-electron chi connectivity index (χ2n) is 2.58. The summed E-state index contributed by atoms with van der Waals surface area (Å²) in [4.78, 5) is 4.38. The lowest BCUT2D eigenvalue weighted by Gasteiger charge is -2.14. The smallest absolute Gasteiger partial charge is 0.279 e. The van der Waals surface area contributed by atoms with Crippen LogP contribution in [0.15, 0.2) is 0 Å². The first-order valence-corrected chi connectivity index (χ1v) is 4.87. The van der Waals surface area contributed by atoms with Crippen LogP contribution in [0.1, 0.15) is 6.92 Å². The highest BCUT2D eigenvalue weighted by molar-refractivity contribution is 7.87. The largest absolute Gasteiger partial charge is 0.300 e. The van der Waals surface area contributed by atoms with Gasteiger partial charge in [-0.05, 0) is 6.92 Å². The molecule has 0 radical (unpaired) electrons. The van der Waals surface area contributed by atoms with Crippen LogP contribution >= 0.6 is 0 Å². The van der Waals surface area contributed by atoms with Gasteiger partial charge in [0.1, 0.15) is 0 Å². The Morgan fingerprint density at radius 2 is 2.08 bits per heavy atom. The third-order valence-corrected chi connectivity index (χ3v) is 2.76. The monoisotopic (exact) mass is 197 g/mol. The molecule has 7 heteroatoms. The highest BCUT2D eigenvalue weighted by Crippen LogP contribution is 1.89. The summed E-state index contributed by atoms with van der Waals surface area (Å²) < 4.78 is 25.5. The molecule has 74 valence electrons. The van der Waals surface area contributed by atoms with Gasteiger partial charge in [0.2, 0.25) is 0 Å². The molecule has 0 aromatic carbocycles. The zero-order valence-corrected chi connectivity index (χ0v) is 8.26. The van der Waals surface area contributed by atoms with E-state index in [-0.39, 0.29) is 12.6 Å². The highest BCUT2D eigenvalue weighted by Gasteiger charge is 2.13. The summed E-state index contributed by atoms with van der Waals surface area (Å²) in [5.74, 6) is 4.83. The van der Waals surface area contributed by atoms with Gasteiger partial charge in [-0.15, -0.1) is 0 Å². The van der Waals surface area contributed by atoms with Gasteiger partial charge in [-0.2, -0.15) is 17.4 Å². The summed E-state index contributed by atoms with van der Waals surface area (Å²) in [6.07, 6.45) is -0.334. The Morgan fingerprint density at radius 1 is 1.58 bits per heavy atom. The van der Waals surface area contributed by atoms with E-state index in [1.165, 1.54) is 14.1 Å². The van der Waals surface area contributed by atoms with Crippen LogP contribution in [0.2, 0.25) is 0 Å². The minimum absolute atomic E-state index is 0.164. The van der Waals surface area contributed by atoms with E-state index in [0.717, 1.165) is 4.31 Å². The maximum Gasteiger partial charge on any atom is 0.279 e. The Hall–Kier alpha value is -0.210. The Kier molecular flexibility index (Phi) is 4.64. The number of hydrogen-bond donors (Lipinski definition) is 2. The predicted octanol–water partition coefficient (Wildman–Crippen LogP) is -1.34. The molecule has 0 saturated carbocycles. The standard InChI is InChI=1S/C5H15N3O3S/c1-5(11-6)4-7-12(9,10)8(2)3/h5,7H,4,6H2,1-3H3. The number of nitrogens with one attached hydrogen (secondary N) is 1. The Labute approximate surface area is 72.8 Å². The molecule has 6 nitrogen and oxygen atoms in total. The van der Waals surface area contributed by atoms with Crippen LogP contribution in [0.5, 0.6) is 0 Å². The van der Waals surface area contributed by atoms with Gasteiger partial charge in [0.25, 0.3) is 10.2 Å². The molecule has 0 heterocycles. The number of rotatable bonds is 5. The molecule has 0 aromatic rings. The summed E-state index contributed by atoms with van der Waals surface area (Å²) in [7, 11) is -0.474. The molecule has 0 saturated heterocycles. The SMILES string of the molecule is CC(CNS(=O)(=O)N(C)C)ON. The molecular formula is C5H15N3O3S. The quantitative estimate of drug-likeness (QED) is 0.534. The van der Waals surface area contributed by atoms with Crippen molar-refractivity contribution in [1.82, 2.24) is 9.03 Å². The normalized spacial score (nSPS) is 15.1. The maximum absolute atomic E-state index is 11.1. The summed E-state index contributed by atoms with van der Waals surface area (Å²) in [6.45, 7) is 1.83. The fourth-order valence-corrected chi connectivity index (χ4v) is 1.10. The van der Waals surface area contributed by atoms with E-state index in [2.05, 4.69) is 9.56 Å². The molecular weight excluding hydrogens is 182 g/mol. The molecule has 1 unspecified atom stereocenters. The van der Waals surface area contributed by atoms with Crippen LogP contribution < -0.4 is 10.6 Å². The van der Waals surface area contributed by atoms with Crippen LogP contribution in [-0.4, -0.2) is 39.5 Å². The maximum atomic E-state index is 11.1. The number of hydrogen-bond acceptors (Lipinski definition) is 4. The number of nitrogens with two attached hydrogens (primary N) is 1. The zero-order chi connectivity index (χ0) is 9.78. The van der Waals surface area contributed by atoms with E-state index < -0.39 is 10.2 Å². The van der Waals surface area contributed by atoms with Crippen LogP contribution in [0.4, 0.5) is 0 Å². The molecule has 12 heavy (non-hydrogen) atoms. The minimum Gasteiger partial charge on any atom is -0.300 e. The molecule has 0 fully saturated rings. The Morgan fingerprint density at radius 3 is 2.42 bits per heavy atom. The molecule has 1 atom stereocenters. The first-order chi connectivity index (χ1) is 5.40. The zero-order valence-electron chi connectivity index (χ0n) is 7.44. The highest BCUT2D eigenvalue weighted by atomic mass is 32.2. The molecule has 0 aliphatic heterocycles. The van der Waals surface area contributed by atoms with E-state index in [1.54, 1.807) is 6.92 Å². The average molecular weight is 197 g/mol. The van der Waals surface area contributed by atoms with Gasteiger partial charge in [0.05, 0.1) is 6.10 Å². The van der Waals surface area contributed by atoms with Crippen molar-refractivity contribution in [3.63, 3.8) is 0 Å². The second kappa shape index (κ2) is 4.73. The average Bonchev–Trinajstić information content (AvgIpc) is 2.00. The van der Waals surface area contributed by atoms with Crippen molar-refractivity contribution in [1.29, 1.82) is 0 Å². The lowest BCUT2D eigenvalue weighted by Crippen LogP contribution is -2.40. The Balaban J connectivity index is 3.94. The fraction of sp³-hybridized carbons (Fsp3) is 1.00. The third-order valence-electron chi connectivity index (χ3n) is 1.27. The van der Waals surface area contributed by atoms with Crippen molar-refractivity contribution in [2.45, 2.75) is 13.0 Å². The summed E-state index contributed by atoms with van der Waals surface area (Å²) in [5.41, 5.74) is 0. The lowest BCUT2D eigenvalue weighted by atomic mass is 10.4. The topological polar surface area (TPSA) is 84.7 Å². The van der Waals surface area contributed by atoms with Crippen molar-refractivity contribution >= 4 is 10.2 Å². The minimum atomic E-state index is -3.36. The lowest BCUT2D eigenvalue weighted by molar-refractivity contribution is 0.0700. The van der Waals surface area contributed by atoms with E-state index in [9.17, 15) is 8.42 Å². The van der Waals surface area contributed by atoms with E-state index >= 15 is 0 Å². The number of nitrogens with zero attached hydrogens (tertiary/aromatic N) is 1. The van der Waals surface area contributed by atoms with Crippen molar-refractivity contribution in [2.24, 2.45) is 5.90 Å². The summed E-state index contributed by atoms with van der Waals surface area (Å²) in [5, 5.41) is 0. The first-order valence-electron chi connectivity index (χ1n) is 3.43. The van der Waals surface area contributed by atoms with Gasteiger partial charge in [0.15, 0.2) is 0 Å². The van der Waals surface area contributed by atoms with Crippen LogP contribution in [0, 0.1) is 0 Å². The van der Waals surface area contributed by atoms with Crippen LogP contribution in [0.25, 0.3) is 0 Å². The van der Waals surface area contributed by atoms with E-state index in [0.29, 0.717) is 0 Å². The molecule has 0 rings (SSSR count). The second-order valence-corrected chi connectivity index (χ2v) is 4.55. The van der Waals surface area contributed by atoms with Gasteiger partial charge < -0.3 is 4.84 Å². The van der Waals surface area contributed by atoms with Crippen molar-refractivity contribution in [3.05, 3.63) is 0 Å². The molecule has 0 aliphatic rings. The summed E-state index contributed by atoms with van der Waals surface area (Å²) >= 11 is 0. The molecule has 0 spiro atoms. The Bertz CT molecular complexity index is 214. The fourth-order valence-electron chi connectivity index (χ4n) is 0.400. The van der Waals surface area contributed by atoms with E-state index in [4.69, 9.17) is 5.90 Å². The van der Waals surface area contributed by atoms with Gasteiger partial charge in [-0.1, -0.05) is 0 Å². The molecule has 0 bridgehead atoms. The predicted molar refractivity (Wildman–Crippen MR) is 45.3 cm³/mol. The molecule has 0 aromatic heterocycles. The van der Waals surface area contributed by atoms with Gasteiger partial charge in [-0.3, -0.25) is 0 Å². The van der Waals surface area contributed by atoms with E-state index in [1.807, 2.05) is 0 Å². The molecule has 0 amide bonds.